The molecule has 0 aromatic heterocycles. The molecule has 1 aromatic rings. The van der Waals surface area contributed by atoms with Gasteiger partial charge in [-0.2, -0.15) is 0 Å². The first-order chi connectivity index (χ1) is 13.7. The summed E-state index contributed by atoms with van der Waals surface area (Å²) in [7, 11) is 1.65. The van der Waals surface area contributed by atoms with Gasteiger partial charge in [-0.15, -0.1) is 0 Å². The van der Waals surface area contributed by atoms with Crippen LogP contribution in [-0.2, 0) is 4.79 Å². The van der Waals surface area contributed by atoms with Crippen LogP contribution in [-0.4, -0.2) is 43.1 Å². The molecule has 1 heterocycles. The maximum absolute atomic E-state index is 12.9. The van der Waals surface area contributed by atoms with E-state index in [1.165, 1.54) is 19.3 Å². The predicted octanol–water partition coefficient (Wildman–Crippen LogP) is 3.77. The molecule has 2 N–H and O–H groups in total. The number of nitrogens with one attached hydrogen (secondary N) is 2. The maximum Gasteiger partial charge on any atom is 0.315 e. The molecule has 28 heavy (non-hydrogen) atoms. The third-order valence-corrected chi connectivity index (χ3v) is 5.91. The summed E-state index contributed by atoms with van der Waals surface area (Å²) in [4.78, 5) is 27.0. The lowest BCUT2D eigenvalue weighted by atomic mass is 9.96. The SMILES string of the molecule is COc1ccc(C2CCCCCN2C(=O)CNC(=O)NC2CCCCC2)cc1. The molecular formula is C22H33N3O3. The van der Waals surface area contributed by atoms with Crippen molar-refractivity contribution >= 4 is 11.9 Å². The summed E-state index contributed by atoms with van der Waals surface area (Å²) in [5.41, 5.74) is 1.13. The number of hydrogen-bond acceptors (Lipinski definition) is 3. The van der Waals surface area contributed by atoms with Crippen molar-refractivity contribution in [3.63, 3.8) is 0 Å². The maximum atomic E-state index is 12.9. The van der Waals surface area contributed by atoms with Gasteiger partial charge in [0.25, 0.3) is 0 Å². The van der Waals surface area contributed by atoms with Gasteiger partial charge in [-0.1, -0.05) is 44.2 Å². The third-order valence-electron chi connectivity index (χ3n) is 5.91. The second kappa shape index (κ2) is 10.3. The number of carbonyl (C=O) groups excluding carboxylic acids is 2. The number of amides is 3. The molecule has 0 bridgehead atoms. The van der Waals surface area contributed by atoms with Crippen molar-refractivity contribution in [2.45, 2.75) is 69.9 Å². The Morgan fingerprint density at radius 1 is 1.00 bits per heavy atom. The van der Waals surface area contributed by atoms with Crippen molar-refractivity contribution in [1.29, 1.82) is 0 Å². The van der Waals surface area contributed by atoms with Crippen LogP contribution in [0.15, 0.2) is 24.3 Å². The highest BCUT2D eigenvalue weighted by molar-refractivity contribution is 5.84. The van der Waals surface area contributed by atoms with E-state index in [-0.39, 0.29) is 30.6 Å². The molecule has 1 aromatic carbocycles. The van der Waals surface area contributed by atoms with Crippen LogP contribution < -0.4 is 15.4 Å². The van der Waals surface area contributed by atoms with Gasteiger partial charge < -0.3 is 20.3 Å². The standard InChI is InChI=1S/C22H33N3O3/c1-28-19-13-11-17(12-14-19)20-10-6-3-7-15-25(20)21(26)16-23-22(27)24-18-8-4-2-5-9-18/h11-14,18,20H,2-10,15-16H2,1H3,(H2,23,24,27). The molecule has 3 rings (SSSR count). The molecule has 154 valence electrons. The van der Waals surface area contributed by atoms with Crippen LogP contribution in [0.3, 0.4) is 0 Å². The largest absolute Gasteiger partial charge is 0.497 e. The highest BCUT2D eigenvalue weighted by Crippen LogP contribution is 2.31. The Labute approximate surface area is 168 Å². The quantitative estimate of drug-likeness (QED) is 0.808. The summed E-state index contributed by atoms with van der Waals surface area (Å²) in [5.74, 6) is 0.804. The van der Waals surface area contributed by atoms with Crippen LogP contribution in [0.1, 0.15) is 69.4 Å². The summed E-state index contributed by atoms with van der Waals surface area (Å²) in [6.45, 7) is 0.784. The summed E-state index contributed by atoms with van der Waals surface area (Å²) in [5, 5.41) is 5.79. The van der Waals surface area contributed by atoms with Gasteiger partial charge in [-0.05, 0) is 43.4 Å². The monoisotopic (exact) mass is 387 g/mol. The van der Waals surface area contributed by atoms with Gasteiger partial charge in [0.2, 0.25) is 5.91 Å². The van der Waals surface area contributed by atoms with Gasteiger partial charge in [0.05, 0.1) is 19.7 Å². The van der Waals surface area contributed by atoms with E-state index in [0.717, 1.165) is 56.4 Å². The lowest BCUT2D eigenvalue weighted by Crippen LogP contribution is -2.47. The number of methoxy groups -OCH3 is 1. The van der Waals surface area contributed by atoms with E-state index in [4.69, 9.17) is 4.74 Å². The number of nitrogens with zero attached hydrogens (tertiary/aromatic N) is 1. The van der Waals surface area contributed by atoms with Gasteiger partial charge in [0, 0.05) is 12.6 Å². The minimum Gasteiger partial charge on any atom is -0.497 e. The van der Waals surface area contributed by atoms with Crippen LogP contribution in [0.5, 0.6) is 5.75 Å². The fraction of sp³-hybridized carbons (Fsp3) is 0.636. The molecular weight excluding hydrogens is 354 g/mol. The van der Waals surface area contributed by atoms with E-state index >= 15 is 0 Å². The number of hydrogen-bond donors (Lipinski definition) is 2. The minimum atomic E-state index is -0.226. The molecule has 0 radical (unpaired) electrons. The molecule has 1 aliphatic heterocycles. The molecule has 6 heteroatoms. The number of benzene rings is 1. The molecule has 3 amide bonds. The van der Waals surface area contributed by atoms with Crippen LogP contribution >= 0.6 is 0 Å². The molecule has 1 saturated carbocycles. The Hall–Kier alpha value is -2.24. The van der Waals surface area contributed by atoms with Crippen molar-refractivity contribution in [2.75, 3.05) is 20.2 Å². The van der Waals surface area contributed by atoms with E-state index in [0.29, 0.717) is 0 Å². The van der Waals surface area contributed by atoms with Gasteiger partial charge in [-0.25, -0.2) is 4.79 Å². The first-order valence-electron chi connectivity index (χ1n) is 10.6. The van der Waals surface area contributed by atoms with E-state index in [2.05, 4.69) is 10.6 Å². The number of carbonyl (C=O) groups is 2. The van der Waals surface area contributed by atoms with Gasteiger partial charge in [0.1, 0.15) is 5.75 Å². The molecule has 2 fully saturated rings. The summed E-state index contributed by atoms with van der Waals surface area (Å²) in [6.07, 6.45) is 9.85. The molecule has 1 aliphatic carbocycles. The zero-order chi connectivity index (χ0) is 19.8. The van der Waals surface area contributed by atoms with Crippen LogP contribution in [0.25, 0.3) is 0 Å². The first kappa shape index (κ1) is 20.5. The Morgan fingerprint density at radius 2 is 1.68 bits per heavy atom. The third kappa shape index (κ3) is 5.63. The lowest BCUT2D eigenvalue weighted by Gasteiger charge is -2.31. The smallest absolute Gasteiger partial charge is 0.315 e. The first-order valence-corrected chi connectivity index (χ1v) is 10.6. The van der Waals surface area contributed by atoms with Crippen molar-refractivity contribution in [2.24, 2.45) is 0 Å². The highest BCUT2D eigenvalue weighted by Gasteiger charge is 2.27. The van der Waals surface area contributed by atoms with Crippen LogP contribution in [0, 0.1) is 0 Å². The fourth-order valence-corrected chi connectivity index (χ4v) is 4.32. The average Bonchev–Trinajstić information content (AvgIpc) is 2.99. The topological polar surface area (TPSA) is 70.7 Å². The number of ether oxygens (including phenoxy) is 1. The number of rotatable bonds is 5. The van der Waals surface area contributed by atoms with E-state index < -0.39 is 0 Å². The van der Waals surface area contributed by atoms with Gasteiger partial charge in [0.15, 0.2) is 0 Å². The van der Waals surface area contributed by atoms with E-state index in [1.54, 1.807) is 7.11 Å². The Bertz CT molecular complexity index is 641. The van der Waals surface area contributed by atoms with Crippen molar-refractivity contribution in [3.8, 4) is 5.75 Å². The zero-order valence-electron chi connectivity index (χ0n) is 16.9. The van der Waals surface area contributed by atoms with Crippen molar-refractivity contribution in [3.05, 3.63) is 29.8 Å². The molecule has 0 spiro atoms. The normalized spacial score (nSPS) is 20.9. The fourth-order valence-electron chi connectivity index (χ4n) is 4.32. The zero-order valence-corrected chi connectivity index (χ0v) is 16.9. The molecule has 1 saturated heterocycles. The van der Waals surface area contributed by atoms with Crippen LogP contribution in [0.4, 0.5) is 4.79 Å². The number of likely N-dealkylation sites (tertiary alicyclic amines) is 1. The number of urea groups is 1. The summed E-state index contributed by atoms with van der Waals surface area (Å²) in [6, 6.07) is 8.04. The van der Waals surface area contributed by atoms with E-state index in [9.17, 15) is 9.59 Å². The van der Waals surface area contributed by atoms with Crippen molar-refractivity contribution in [1.82, 2.24) is 15.5 Å². The molecule has 2 aliphatic rings. The Morgan fingerprint density at radius 3 is 2.39 bits per heavy atom. The Balaban J connectivity index is 1.57. The second-order valence-corrected chi connectivity index (χ2v) is 7.89. The lowest BCUT2D eigenvalue weighted by molar-refractivity contribution is -0.132. The molecule has 1 unspecified atom stereocenters. The summed E-state index contributed by atoms with van der Waals surface area (Å²) < 4.78 is 5.25. The van der Waals surface area contributed by atoms with Crippen molar-refractivity contribution < 1.29 is 14.3 Å². The molecule has 1 atom stereocenters. The molecule has 6 nitrogen and oxygen atoms in total. The predicted molar refractivity (Wildman–Crippen MR) is 109 cm³/mol. The Kier molecular flexibility index (Phi) is 7.57. The van der Waals surface area contributed by atoms with E-state index in [1.807, 2.05) is 29.2 Å². The van der Waals surface area contributed by atoms with Crippen LogP contribution in [0.2, 0.25) is 0 Å². The van der Waals surface area contributed by atoms with Gasteiger partial charge >= 0.3 is 6.03 Å². The van der Waals surface area contributed by atoms with Gasteiger partial charge in [-0.3, -0.25) is 4.79 Å². The summed E-state index contributed by atoms with van der Waals surface area (Å²) >= 11 is 0. The minimum absolute atomic E-state index is 0.0125. The second-order valence-electron chi connectivity index (χ2n) is 7.89. The average molecular weight is 388 g/mol. The highest BCUT2D eigenvalue weighted by atomic mass is 16.5.